The smallest absolute Gasteiger partial charge is 0.392 e. The number of nitrogens with zero attached hydrogens (tertiary/aromatic N) is 3. The van der Waals surface area contributed by atoms with E-state index in [0.29, 0.717) is 4.47 Å². The van der Waals surface area contributed by atoms with Gasteiger partial charge in [-0.15, -0.1) is 0 Å². The highest BCUT2D eigenvalue weighted by atomic mass is 79.9. The fraction of sp³-hybridized carbons (Fsp3) is 0.0909. The number of hydrogen-bond acceptors (Lipinski definition) is 6. The summed E-state index contributed by atoms with van der Waals surface area (Å²) < 4.78 is 23.7. The summed E-state index contributed by atoms with van der Waals surface area (Å²) in [5.74, 6) is -1.08. The molecule has 0 saturated carbocycles. The summed E-state index contributed by atoms with van der Waals surface area (Å²) in [6, 6.07) is 3.74. The van der Waals surface area contributed by atoms with Crippen molar-refractivity contribution in [1.29, 1.82) is 0 Å². The summed E-state index contributed by atoms with van der Waals surface area (Å²) in [7, 11) is 1.23. The van der Waals surface area contributed by atoms with Crippen LogP contribution in [0, 0.1) is 15.9 Å². The monoisotopic (exact) mass is 343 g/mol. The largest absolute Gasteiger partial charge is 0.476 e. The summed E-state index contributed by atoms with van der Waals surface area (Å²) in [6.07, 6.45) is 1.05. The van der Waals surface area contributed by atoms with Crippen LogP contribution >= 0.6 is 15.9 Å². The van der Waals surface area contributed by atoms with Crippen LogP contribution in [0.3, 0.4) is 0 Å². The predicted molar refractivity (Wildman–Crippen MR) is 69.4 cm³/mol. The van der Waals surface area contributed by atoms with Gasteiger partial charge >= 0.3 is 17.4 Å². The number of nitro groups is 1. The first-order valence-electron chi connectivity index (χ1n) is 5.18. The molecule has 104 valence electrons. The predicted octanol–water partition coefficient (Wildman–Crippen LogP) is 3.09. The van der Waals surface area contributed by atoms with Crippen molar-refractivity contribution in [2.75, 3.05) is 7.11 Å². The molecular formula is C11H7BrFN3O4. The average Bonchev–Trinajstić information content (AvgIpc) is 2.36. The molecule has 0 spiro atoms. The maximum atomic E-state index is 13.2. The number of hydrogen-bond donors (Lipinski definition) is 0. The van der Waals surface area contributed by atoms with E-state index in [1.807, 2.05) is 0 Å². The van der Waals surface area contributed by atoms with Gasteiger partial charge in [0.25, 0.3) is 0 Å². The Morgan fingerprint density at radius 2 is 2.00 bits per heavy atom. The molecule has 0 bridgehead atoms. The molecule has 0 atom stereocenters. The van der Waals surface area contributed by atoms with Crippen LogP contribution in [0.15, 0.2) is 29.0 Å². The van der Waals surface area contributed by atoms with Crippen molar-refractivity contribution < 1.29 is 18.8 Å². The number of methoxy groups -OCH3 is 1. The molecule has 0 aliphatic rings. The molecule has 1 aromatic carbocycles. The first-order chi connectivity index (χ1) is 9.51. The third-order valence-electron chi connectivity index (χ3n) is 2.18. The van der Waals surface area contributed by atoms with E-state index in [4.69, 9.17) is 9.47 Å². The molecule has 0 radical (unpaired) electrons. The molecule has 7 nitrogen and oxygen atoms in total. The van der Waals surface area contributed by atoms with Crippen molar-refractivity contribution in [2.24, 2.45) is 0 Å². The van der Waals surface area contributed by atoms with Crippen molar-refractivity contribution in [3.63, 3.8) is 0 Å². The molecule has 0 aliphatic carbocycles. The molecule has 0 unspecified atom stereocenters. The Labute approximate surface area is 120 Å². The standard InChI is InChI=1S/C11H7BrFN3O4/c1-19-10-9(16(17)18)11(15-5-14-10)20-8-3-6(12)2-7(13)4-8/h2-5H,1H3. The van der Waals surface area contributed by atoms with Crippen LogP contribution in [0.2, 0.25) is 0 Å². The van der Waals surface area contributed by atoms with E-state index in [-0.39, 0.29) is 17.5 Å². The van der Waals surface area contributed by atoms with E-state index in [1.54, 1.807) is 0 Å². The normalized spacial score (nSPS) is 10.2. The summed E-state index contributed by atoms with van der Waals surface area (Å²) in [5, 5.41) is 11.0. The summed E-state index contributed by atoms with van der Waals surface area (Å²) in [4.78, 5) is 17.6. The highest BCUT2D eigenvalue weighted by molar-refractivity contribution is 9.10. The van der Waals surface area contributed by atoms with E-state index < -0.39 is 16.4 Å². The first-order valence-corrected chi connectivity index (χ1v) is 5.98. The van der Waals surface area contributed by atoms with Gasteiger partial charge in [-0.3, -0.25) is 10.1 Å². The Kier molecular flexibility index (Phi) is 4.08. The maximum Gasteiger partial charge on any atom is 0.392 e. The van der Waals surface area contributed by atoms with Crippen molar-refractivity contribution in [2.45, 2.75) is 0 Å². The van der Waals surface area contributed by atoms with Crippen LogP contribution in [-0.4, -0.2) is 22.0 Å². The fourth-order valence-corrected chi connectivity index (χ4v) is 1.87. The highest BCUT2D eigenvalue weighted by Gasteiger charge is 2.26. The van der Waals surface area contributed by atoms with Gasteiger partial charge in [0.05, 0.1) is 12.0 Å². The van der Waals surface area contributed by atoms with E-state index in [0.717, 1.165) is 12.4 Å². The Morgan fingerprint density at radius 3 is 2.60 bits per heavy atom. The van der Waals surface area contributed by atoms with Crippen LogP contribution in [0.1, 0.15) is 0 Å². The third-order valence-corrected chi connectivity index (χ3v) is 2.64. The van der Waals surface area contributed by atoms with Gasteiger partial charge in [-0.05, 0) is 12.1 Å². The van der Waals surface area contributed by atoms with E-state index in [9.17, 15) is 14.5 Å². The Balaban J connectivity index is 2.45. The molecule has 0 fully saturated rings. The minimum absolute atomic E-state index is 0.0562. The molecule has 1 aromatic heterocycles. The number of ether oxygens (including phenoxy) is 2. The lowest BCUT2D eigenvalue weighted by atomic mass is 10.3. The quantitative estimate of drug-likeness (QED) is 0.626. The lowest BCUT2D eigenvalue weighted by Crippen LogP contribution is -2.01. The van der Waals surface area contributed by atoms with Gasteiger partial charge in [0.2, 0.25) is 0 Å². The van der Waals surface area contributed by atoms with E-state index in [1.165, 1.54) is 19.2 Å². The van der Waals surface area contributed by atoms with Crippen molar-refractivity contribution in [3.05, 3.63) is 44.9 Å². The zero-order valence-corrected chi connectivity index (χ0v) is 11.6. The number of benzene rings is 1. The van der Waals surface area contributed by atoms with Gasteiger partial charge < -0.3 is 9.47 Å². The second-order valence-corrected chi connectivity index (χ2v) is 4.42. The summed E-state index contributed by atoms with van der Waals surface area (Å²) >= 11 is 3.09. The maximum absolute atomic E-state index is 13.2. The number of halogens is 2. The molecular weight excluding hydrogens is 337 g/mol. The second-order valence-electron chi connectivity index (χ2n) is 3.50. The first kappa shape index (κ1) is 14.1. The SMILES string of the molecule is COc1ncnc(Oc2cc(F)cc(Br)c2)c1[N+](=O)[O-]. The topological polar surface area (TPSA) is 87.4 Å². The van der Waals surface area contributed by atoms with E-state index >= 15 is 0 Å². The number of aromatic nitrogens is 2. The molecule has 0 saturated heterocycles. The van der Waals surface area contributed by atoms with Gasteiger partial charge in [0.1, 0.15) is 17.9 Å². The van der Waals surface area contributed by atoms with Crippen LogP contribution in [0.25, 0.3) is 0 Å². The van der Waals surface area contributed by atoms with Crippen LogP contribution in [-0.2, 0) is 0 Å². The Hall–Kier alpha value is -2.29. The number of rotatable bonds is 4. The lowest BCUT2D eigenvalue weighted by Gasteiger charge is -2.07. The van der Waals surface area contributed by atoms with Crippen molar-refractivity contribution >= 4 is 21.6 Å². The van der Waals surface area contributed by atoms with Gasteiger partial charge in [-0.25, -0.2) is 4.39 Å². The fourth-order valence-electron chi connectivity index (χ4n) is 1.43. The zero-order valence-electron chi connectivity index (χ0n) is 10.0. The summed E-state index contributed by atoms with van der Waals surface area (Å²) in [6.45, 7) is 0. The van der Waals surface area contributed by atoms with Crippen LogP contribution in [0.5, 0.6) is 17.5 Å². The average molecular weight is 344 g/mol. The van der Waals surface area contributed by atoms with Crippen molar-refractivity contribution in [3.8, 4) is 17.5 Å². The Bertz CT molecular complexity index is 648. The minimum atomic E-state index is -0.734. The van der Waals surface area contributed by atoms with Gasteiger partial charge in [0, 0.05) is 10.5 Å². The van der Waals surface area contributed by atoms with Crippen molar-refractivity contribution in [1.82, 2.24) is 9.97 Å². The molecule has 2 rings (SSSR count). The molecule has 0 aliphatic heterocycles. The molecule has 1 heterocycles. The molecule has 20 heavy (non-hydrogen) atoms. The second kappa shape index (κ2) is 5.78. The highest BCUT2D eigenvalue weighted by Crippen LogP contribution is 2.35. The third kappa shape index (κ3) is 2.99. The summed E-state index contributed by atoms with van der Waals surface area (Å²) in [5.41, 5.74) is -0.532. The Morgan fingerprint density at radius 1 is 1.30 bits per heavy atom. The molecule has 2 aromatic rings. The zero-order chi connectivity index (χ0) is 14.7. The van der Waals surface area contributed by atoms with Gasteiger partial charge in [-0.1, -0.05) is 15.9 Å². The minimum Gasteiger partial charge on any atom is -0.476 e. The van der Waals surface area contributed by atoms with Crippen LogP contribution < -0.4 is 9.47 Å². The van der Waals surface area contributed by atoms with Crippen LogP contribution in [0.4, 0.5) is 10.1 Å². The van der Waals surface area contributed by atoms with Gasteiger partial charge in [0.15, 0.2) is 0 Å². The van der Waals surface area contributed by atoms with E-state index in [2.05, 4.69) is 25.9 Å². The molecule has 0 amide bonds. The molecule has 0 N–H and O–H groups in total. The molecule has 9 heteroatoms. The van der Waals surface area contributed by atoms with Gasteiger partial charge in [-0.2, -0.15) is 9.97 Å². The lowest BCUT2D eigenvalue weighted by molar-refractivity contribution is -0.387.